The highest BCUT2D eigenvalue weighted by Crippen LogP contribution is 2.20. The molecule has 0 atom stereocenters. The summed E-state index contributed by atoms with van der Waals surface area (Å²) in [5, 5.41) is 8.68. The lowest BCUT2D eigenvalue weighted by Crippen LogP contribution is -2.34. The third-order valence-corrected chi connectivity index (χ3v) is 4.84. The Labute approximate surface area is 190 Å². The van der Waals surface area contributed by atoms with Crippen molar-refractivity contribution in [3.8, 4) is 0 Å². The molecule has 1 heterocycles. The molecule has 2 aromatic carbocycles. The molecule has 3 amide bonds. The molecular weight excluding hydrogens is 430 g/mol. The van der Waals surface area contributed by atoms with Crippen LogP contribution in [0.4, 0.5) is 17.2 Å². The van der Waals surface area contributed by atoms with E-state index in [4.69, 9.17) is 11.6 Å². The maximum absolute atomic E-state index is 12.7. The number of para-hydroxylation sites is 1. The molecule has 0 saturated carbocycles. The van der Waals surface area contributed by atoms with Crippen molar-refractivity contribution in [3.05, 3.63) is 83.0 Å². The highest BCUT2D eigenvalue weighted by atomic mass is 35.5. The predicted octanol–water partition coefficient (Wildman–Crippen LogP) is 3.42. The van der Waals surface area contributed by atoms with E-state index in [9.17, 15) is 14.4 Å². The van der Waals surface area contributed by atoms with Crippen molar-refractivity contribution >= 4 is 46.5 Å². The molecule has 0 spiro atoms. The number of carbonyl (C=O) groups excluding carboxylic acids is 3. The van der Waals surface area contributed by atoms with E-state index in [0.717, 1.165) is 0 Å². The summed E-state index contributed by atoms with van der Waals surface area (Å²) >= 11 is 5.93. The minimum absolute atomic E-state index is 0.0983. The Morgan fingerprint density at radius 3 is 2.38 bits per heavy atom. The zero-order valence-electron chi connectivity index (χ0n) is 17.6. The molecule has 0 aliphatic rings. The first-order valence-corrected chi connectivity index (χ1v) is 10.1. The quantitative estimate of drug-likeness (QED) is 0.510. The van der Waals surface area contributed by atoms with Gasteiger partial charge in [-0.15, -0.1) is 0 Å². The van der Waals surface area contributed by atoms with Gasteiger partial charge in [-0.2, -0.15) is 0 Å². The number of nitrogens with one attached hydrogen (secondary N) is 3. The highest BCUT2D eigenvalue weighted by molar-refractivity contribution is 6.30. The molecule has 3 rings (SSSR count). The molecule has 3 aromatic rings. The molecular formula is C23H22ClN5O3. The number of hydrogen-bond donors (Lipinski definition) is 3. The van der Waals surface area contributed by atoms with Crippen LogP contribution >= 0.6 is 11.6 Å². The fourth-order valence-corrected chi connectivity index (χ4v) is 3.05. The van der Waals surface area contributed by atoms with Gasteiger partial charge in [0, 0.05) is 29.5 Å². The summed E-state index contributed by atoms with van der Waals surface area (Å²) in [6.45, 7) is 0.211. The van der Waals surface area contributed by atoms with Gasteiger partial charge in [0.15, 0.2) is 0 Å². The number of nitrogens with zero attached hydrogens (tertiary/aromatic N) is 2. The number of likely N-dealkylation sites (N-methyl/N-ethyl adjacent to an activating group) is 2. The molecule has 8 nitrogen and oxygen atoms in total. The molecule has 0 aliphatic heterocycles. The van der Waals surface area contributed by atoms with Crippen molar-refractivity contribution in [3.63, 3.8) is 0 Å². The number of rotatable bonds is 7. The van der Waals surface area contributed by atoms with Gasteiger partial charge in [-0.1, -0.05) is 23.7 Å². The summed E-state index contributed by atoms with van der Waals surface area (Å²) < 4.78 is 0. The molecule has 0 saturated heterocycles. The fourth-order valence-electron chi connectivity index (χ4n) is 2.89. The van der Waals surface area contributed by atoms with E-state index in [1.807, 2.05) is 0 Å². The molecule has 0 unspecified atom stereocenters. The van der Waals surface area contributed by atoms with Crippen LogP contribution in [-0.4, -0.2) is 43.3 Å². The van der Waals surface area contributed by atoms with Gasteiger partial charge in [-0.3, -0.25) is 14.4 Å². The maximum atomic E-state index is 12.7. The molecule has 32 heavy (non-hydrogen) atoms. The molecule has 0 aliphatic carbocycles. The van der Waals surface area contributed by atoms with Gasteiger partial charge in [-0.05, 0) is 55.6 Å². The van der Waals surface area contributed by atoms with Crippen LogP contribution in [0.5, 0.6) is 0 Å². The summed E-state index contributed by atoms with van der Waals surface area (Å²) in [5.41, 5.74) is 1.67. The summed E-state index contributed by atoms with van der Waals surface area (Å²) in [6, 6.07) is 16.4. The summed E-state index contributed by atoms with van der Waals surface area (Å²) in [7, 11) is 3.36. The van der Waals surface area contributed by atoms with Crippen molar-refractivity contribution < 1.29 is 14.4 Å². The monoisotopic (exact) mass is 451 g/mol. The third-order valence-electron chi connectivity index (χ3n) is 4.60. The Balaban J connectivity index is 1.73. The highest BCUT2D eigenvalue weighted by Gasteiger charge is 2.16. The van der Waals surface area contributed by atoms with Crippen molar-refractivity contribution in [1.82, 2.24) is 10.3 Å². The Hall–Kier alpha value is -3.75. The number of carbonyl (C=O) groups is 3. The van der Waals surface area contributed by atoms with Crippen LogP contribution in [0.1, 0.15) is 20.7 Å². The summed E-state index contributed by atoms with van der Waals surface area (Å²) in [6.07, 6.45) is 1.49. The lowest BCUT2D eigenvalue weighted by Gasteiger charge is -2.17. The smallest absolute Gasteiger partial charge is 0.258 e. The van der Waals surface area contributed by atoms with E-state index in [1.165, 1.54) is 17.2 Å². The second kappa shape index (κ2) is 10.5. The molecule has 0 fully saturated rings. The maximum Gasteiger partial charge on any atom is 0.258 e. The van der Waals surface area contributed by atoms with Crippen LogP contribution < -0.4 is 20.9 Å². The number of pyridine rings is 1. The lowest BCUT2D eigenvalue weighted by molar-refractivity contribution is -0.117. The van der Waals surface area contributed by atoms with Crippen LogP contribution in [-0.2, 0) is 4.79 Å². The van der Waals surface area contributed by atoms with E-state index < -0.39 is 5.91 Å². The van der Waals surface area contributed by atoms with Gasteiger partial charge in [0.05, 0.1) is 17.8 Å². The Morgan fingerprint density at radius 2 is 1.69 bits per heavy atom. The molecule has 164 valence electrons. The molecule has 0 bridgehead atoms. The average Bonchev–Trinajstić information content (AvgIpc) is 2.79. The van der Waals surface area contributed by atoms with Crippen LogP contribution in [0.3, 0.4) is 0 Å². The zero-order valence-corrected chi connectivity index (χ0v) is 18.3. The van der Waals surface area contributed by atoms with Crippen molar-refractivity contribution in [2.75, 3.05) is 36.2 Å². The first kappa shape index (κ1) is 22.9. The minimum Gasteiger partial charge on any atom is -0.321 e. The van der Waals surface area contributed by atoms with E-state index in [0.29, 0.717) is 27.8 Å². The number of aromatic nitrogens is 1. The topological polar surface area (TPSA) is 103 Å². The van der Waals surface area contributed by atoms with Crippen LogP contribution in [0.25, 0.3) is 0 Å². The lowest BCUT2D eigenvalue weighted by atomic mass is 10.1. The van der Waals surface area contributed by atoms with Crippen molar-refractivity contribution in [1.29, 1.82) is 0 Å². The number of benzene rings is 2. The van der Waals surface area contributed by atoms with Gasteiger partial charge in [0.25, 0.3) is 11.8 Å². The van der Waals surface area contributed by atoms with E-state index in [1.54, 1.807) is 68.7 Å². The molecule has 0 radical (unpaired) electrons. The van der Waals surface area contributed by atoms with Gasteiger partial charge in [-0.25, -0.2) is 4.98 Å². The van der Waals surface area contributed by atoms with E-state index in [-0.39, 0.29) is 23.9 Å². The van der Waals surface area contributed by atoms with Crippen LogP contribution in [0.15, 0.2) is 66.9 Å². The Morgan fingerprint density at radius 1 is 0.969 bits per heavy atom. The summed E-state index contributed by atoms with van der Waals surface area (Å²) in [5.74, 6) is -0.618. The van der Waals surface area contributed by atoms with E-state index in [2.05, 4.69) is 20.9 Å². The second-order valence-electron chi connectivity index (χ2n) is 6.84. The van der Waals surface area contributed by atoms with Gasteiger partial charge >= 0.3 is 0 Å². The number of amides is 3. The number of hydrogen-bond acceptors (Lipinski definition) is 5. The fraction of sp³-hybridized carbons (Fsp3) is 0.130. The third kappa shape index (κ3) is 5.69. The van der Waals surface area contributed by atoms with Crippen LogP contribution in [0, 0.1) is 0 Å². The van der Waals surface area contributed by atoms with Gasteiger partial charge in [0.2, 0.25) is 5.91 Å². The standard InChI is InChI=1S/C23H22ClN5O3/c1-25-14-21(30)29(2)17-9-7-15(8-10-17)22(31)27-19-6-4-3-5-18(19)23(32)28-20-13-16(24)11-12-26-20/h3-13,25H,14H2,1-2H3,(H,27,31)(H,26,28,32). The SMILES string of the molecule is CNCC(=O)N(C)c1ccc(C(=O)Nc2ccccc2C(=O)Nc2cc(Cl)ccn2)cc1. The first-order chi connectivity index (χ1) is 15.4. The van der Waals surface area contributed by atoms with E-state index >= 15 is 0 Å². The minimum atomic E-state index is -0.435. The van der Waals surface area contributed by atoms with Gasteiger partial charge < -0.3 is 20.9 Å². The first-order valence-electron chi connectivity index (χ1n) is 9.73. The van der Waals surface area contributed by atoms with Crippen LogP contribution in [0.2, 0.25) is 5.02 Å². The molecule has 3 N–H and O–H groups in total. The normalized spacial score (nSPS) is 10.3. The largest absolute Gasteiger partial charge is 0.321 e. The average molecular weight is 452 g/mol. The second-order valence-corrected chi connectivity index (χ2v) is 7.28. The predicted molar refractivity (Wildman–Crippen MR) is 125 cm³/mol. The number of halogens is 1. The zero-order chi connectivity index (χ0) is 23.1. The van der Waals surface area contributed by atoms with Crippen molar-refractivity contribution in [2.45, 2.75) is 0 Å². The number of anilines is 3. The summed E-state index contributed by atoms with van der Waals surface area (Å²) in [4.78, 5) is 43.0. The Bertz CT molecular complexity index is 1130. The Kier molecular flexibility index (Phi) is 7.54. The molecule has 9 heteroatoms. The molecule has 1 aromatic heterocycles. The van der Waals surface area contributed by atoms with Crippen molar-refractivity contribution in [2.24, 2.45) is 0 Å². The van der Waals surface area contributed by atoms with Gasteiger partial charge in [0.1, 0.15) is 5.82 Å².